The Kier molecular flexibility index (Phi) is 3.77. The average Bonchev–Trinajstić information content (AvgIpc) is 2.75. The lowest BCUT2D eigenvalue weighted by Gasteiger charge is -2.06. The zero-order chi connectivity index (χ0) is 12.1. The van der Waals surface area contributed by atoms with Gasteiger partial charge in [0.1, 0.15) is 5.75 Å². The third-order valence-electron chi connectivity index (χ3n) is 2.50. The highest BCUT2D eigenvalue weighted by molar-refractivity contribution is 5.28. The number of hydrogen-bond donors (Lipinski definition) is 1. The average molecular weight is 232 g/mol. The van der Waals surface area contributed by atoms with E-state index in [9.17, 15) is 0 Å². The van der Waals surface area contributed by atoms with E-state index in [1.807, 2.05) is 43.7 Å². The van der Waals surface area contributed by atoms with Gasteiger partial charge in [-0.3, -0.25) is 4.68 Å². The third kappa shape index (κ3) is 3.32. The summed E-state index contributed by atoms with van der Waals surface area (Å²) < 4.78 is 7.39. The first-order valence-electron chi connectivity index (χ1n) is 5.58. The maximum Gasteiger partial charge on any atom is 0.119 e. The zero-order valence-electron chi connectivity index (χ0n) is 9.84. The van der Waals surface area contributed by atoms with E-state index in [1.54, 1.807) is 4.68 Å². The summed E-state index contributed by atoms with van der Waals surface area (Å²) in [6.45, 7) is 0.653. The third-order valence-corrected chi connectivity index (χ3v) is 2.50. The van der Waals surface area contributed by atoms with Crippen molar-refractivity contribution in [1.82, 2.24) is 9.78 Å². The molecule has 0 aliphatic carbocycles. The zero-order valence-corrected chi connectivity index (χ0v) is 9.84. The van der Waals surface area contributed by atoms with Gasteiger partial charge in [-0.1, -0.05) is 12.1 Å². The van der Waals surface area contributed by atoms with Gasteiger partial charge < -0.3 is 9.84 Å². The van der Waals surface area contributed by atoms with Crippen molar-refractivity contribution in [1.29, 1.82) is 0 Å². The molecule has 90 valence electrons. The lowest BCUT2D eigenvalue weighted by Crippen LogP contribution is -2.01. The SMILES string of the molecule is Cn1cc(CCOc2cccc(CO)c2)cn1. The van der Waals surface area contributed by atoms with Gasteiger partial charge in [0.2, 0.25) is 0 Å². The van der Waals surface area contributed by atoms with Crippen molar-refractivity contribution < 1.29 is 9.84 Å². The fraction of sp³-hybridized carbons (Fsp3) is 0.308. The Labute approximate surface area is 100 Å². The van der Waals surface area contributed by atoms with Crippen molar-refractivity contribution in [2.24, 2.45) is 7.05 Å². The van der Waals surface area contributed by atoms with Crippen molar-refractivity contribution in [2.75, 3.05) is 6.61 Å². The molecule has 0 saturated heterocycles. The second-order valence-electron chi connectivity index (χ2n) is 3.93. The Morgan fingerprint density at radius 1 is 1.35 bits per heavy atom. The highest BCUT2D eigenvalue weighted by Gasteiger charge is 1.98. The molecule has 1 heterocycles. The van der Waals surface area contributed by atoms with Crippen LogP contribution in [0.25, 0.3) is 0 Å². The van der Waals surface area contributed by atoms with E-state index in [0.717, 1.165) is 23.3 Å². The van der Waals surface area contributed by atoms with Gasteiger partial charge in [-0.25, -0.2) is 0 Å². The Morgan fingerprint density at radius 3 is 2.94 bits per heavy atom. The van der Waals surface area contributed by atoms with E-state index in [4.69, 9.17) is 9.84 Å². The second-order valence-corrected chi connectivity index (χ2v) is 3.93. The molecule has 0 fully saturated rings. The van der Waals surface area contributed by atoms with Crippen LogP contribution in [0.3, 0.4) is 0 Å². The summed E-state index contributed by atoms with van der Waals surface area (Å²) in [5.74, 6) is 0.792. The van der Waals surface area contributed by atoms with E-state index in [0.29, 0.717) is 6.61 Å². The van der Waals surface area contributed by atoms with Crippen molar-refractivity contribution in [3.8, 4) is 5.75 Å². The van der Waals surface area contributed by atoms with Crippen molar-refractivity contribution in [3.63, 3.8) is 0 Å². The van der Waals surface area contributed by atoms with Crippen LogP contribution < -0.4 is 4.74 Å². The lowest BCUT2D eigenvalue weighted by atomic mass is 10.2. The molecule has 0 aliphatic heterocycles. The van der Waals surface area contributed by atoms with Gasteiger partial charge in [-0.2, -0.15) is 5.10 Å². The molecular formula is C13H16N2O2. The van der Waals surface area contributed by atoms with Gasteiger partial charge in [-0.15, -0.1) is 0 Å². The van der Waals surface area contributed by atoms with Gasteiger partial charge in [0.05, 0.1) is 19.4 Å². The molecule has 0 unspecified atom stereocenters. The van der Waals surface area contributed by atoms with E-state index in [-0.39, 0.29) is 6.61 Å². The number of nitrogens with zero attached hydrogens (tertiary/aromatic N) is 2. The Bertz CT molecular complexity index is 480. The molecule has 0 spiro atoms. The molecule has 1 aromatic heterocycles. The minimum atomic E-state index is 0.0415. The molecule has 0 bridgehead atoms. The Morgan fingerprint density at radius 2 is 2.24 bits per heavy atom. The standard InChI is InChI=1S/C13H16N2O2/c1-15-9-12(8-14-15)5-6-17-13-4-2-3-11(7-13)10-16/h2-4,7-9,16H,5-6,10H2,1H3. The summed E-state index contributed by atoms with van der Waals surface area (Å²) in [5.41, 5.74) is 2.02. The normalized spacial score (nSPS) is 10.5. The highest BCUT2D eigenvalue weighted by Crippen LogP contribution is 2.13. The largest absolute Gasteiger partial charge is 0.493 e. The summed E-state index contributed by atoms with van der Waals surface area (Å²) in [6, 6.07) is 7.49. The molecule has 0 amide bonds. The van der Waals surface area contributed by atoms with Crippen LogP contribution in [0.5, 0.6) is 5.75 Å². The first-order valence-corrected chi connectivity index (χ1v) is 5.58. The van der Waals surface area contributed by atoms with Gasteiger partial charge in [-0.05, 0) is 23.3 Å². The fourth-order valence-electron chi connectivity index (χ4n) is 1.62. The molecule has 4 nitrogen and oxygen atoms in total. The van der Waals surface area contributed by atoms with Crippen LogP contribution in [-0.2, 0) is 20.1 Å². The number of rotatable bonds is 5. The van der Waals surface area contributed by atoms with Crippen molar-refractivity contribution >= 4 is 0 Å². The molecular weight excluding hydrogens is 216 g/mol. The highest BCUT2D eigenvalue weighted by atomic mass is 16.5. The summed E-state index contributed by atoms with van der Waals surface area (Å²) >= 11 is 0. The number of aryl methyl sites for hydroxylation is 1. The minimum absolute atomic E-state index is 0.0415. The van der Waals surface area contributed by atoms with Crippen LogP contribution in [-0.4, -0.2) is 21.5 Å². The molecule has 0 radical (unpaired) electrons. The summed E-state index contributed by atoms with van der Waals surface area (Å²) in [7, 11) is 1.90. The van der Waals surface area contributed by atoms with Gasteiger partial charge in [0, 0.05) is 19.7 Å². The van der Waals surface area contributed by atoms with Gasteiger partial charge in [0.15, 0.2) is 0 Å². The molecule has 0 aliphatic rings. The molecule has 1 aromatic carbocycles. The van der Waals surface area contributed by atoms with Crippen molar-refractivity contribution in [2.45, 2.75) is 13.0 Å². The smallest absolute Gasteiger partial charge is 0.119 e. The van der Waals surface area contributed by atoms with E-state index >= 15 is 0 Å². The number of benzene rings is 1. The maximum atomic E-state index is 9.00. The Balaban J connectivity index is 1.85. The first-order chi connectivity index (χ1) is 8.28. The first kappa shape index (κ1) is 11.7. The summed E-state index contributed by atoms with van der Waals surface area (Å²) in [6.07, 6.45) is 4.65. The van der Waals surface area contributed by atoms with E-state index in [2.05, 4.69) is 5.10 Å². The number of hydrogen-bond acceptors (Lipinski definition) is 3. The van der Waals surface area contributed by atoms with Crippen LogP contribution in [0.15, 0.2) is 36.7 Å². The van der Waals surface area contributed by atoms with Crippen LogP contribution in [0.4, 0.5) is 0 Å². The predicted molar refractivity (Wildman–Crippen MR) is 64.8 cm³/mol. The summed E-state index contributed by atoms with van der Waals surface area (Å²) in [4.78, 5) is 0. The molecule has 2 aromatic rings. The van der Waals surface area contributed by atoms with Crippen LogP contribution in [0, 0.1) is 0 Å². The van der Waals surface area contributed by atoms with Gasteiger partial charge >= 0.3 is 0 Å². The van der Waals surface area contributed by atoms with E-state index < -0.39 is 0 Å². The molecule has 0 saturated carbocycles. The number of aliphatic hydroxyl groups excluding tert-OH is 1. The topological polar surface area (TPSA) is 47.3 Å². The molecule has 4 heteroatoms. The quantitative estimate of drug-likeness (QED) is 0.850. The Hall–Kier alpha value is -1.81. The van der Waals surface area contributed by atoms with Crippen LogP contribution in [0.2, 0.25) is 0 Å². The van der Waals surface area contributed by atoms with Gasteiger partial charge in [0.25, 0.3) is 0 Å². The second kappa shape index (κ2) is 5.50. The molecule has 1 N–H and O–H groups in total. The fourth-order valence-corrected chi connectivity index (χ4v) is 1.62. The van der Waals surface area contributed by atoms with Crippen LogP contribution in [0.1, 0.15) is 11.1 Å². The number of ether oxygens (including phenoxy) is 1. The molecule has 0 atom stereocenters. The summed E-state index contributed by atoms with van der Waals surface area (Å²) in [5, 5.41) is 13.1. The van der Waals surface area contributed by atoms with E-state index in [1.165, 1.54) is 0 Å². The minimum Gasteiger partial charge on any atom is -0.493 e. The van der Waals surface area contributed by atoms with Crippen LogP contribution >= 0.6 is 0 Å². The number of aromatic nitrogens is 2. The predicted octanol–water partition coefficient (Wildman–Crippen LogP) is 1.53. The monoisotopic (exact) mass is 232 g/mol. The lowest BCUT2D eigenvalue weighted by molar-refractivity contribution is 0.279. The molecule has 2 rings (SSSR count). The van der Waals surface area contributed by atoms with Crippen molar-refractivity contribution in [3.05, 3.63) is 47.8 Å². The number of aliphatic hydroxyl groups is 1. The molecule has 17 heavy (non-hydrogen) atoms. The maximum absolute atomic E-state index is 9.00.